The van der Waals surface area contributed by atoms with Gasteiger partial charge >= 0.3 is 0 Å². The Hall–Kier alpha value is -5.68. The Balaban J connectivity index is 1.19. The summed E-state index contributed by atoms with van der Waals surface area (Å²) in [4.78, 5) is 19.2. The van der Waals surface area contributed by atoms with Gasteiger partial charge in [-0.05, 0) is 53.6 Å². The van der Waals surface area contributed by atoms with E-state index in [-0.39, 0.29) is 0 Å². The summed E-state index contributed by atoms with van der Waals surface area (Å²) in [7, 11) is 0. The fourth-order valence-electron chi connectivity index (χ4n) is 5.50. The lowest BCUT2D eigenvalue weighted by atomic mass is 9.97. The molecule has 5 nitrogen and oxygen atoms in total. The van der Waals surface area contributed by atoms with Crippen molar-refractivity contribution in [2.24, 2.45) is 0 Å². The zero-order valence-corrected chi connectivity index (χ0v) is 22.0. The van der Waals surface area contributed by atoms with E-state index in [2.05, 4.69) is 82.2 Å². The van der Waals surface area contributed by atoms with Crippen LogP contribution in [-0.4, -0.2) is 24.3 Å². The summed E-state index contributed by atoms with van der Waals surface area (Å²) in [6.45, 7) is 0. The minimum Gasteiger partial charge on any atom is -0.284 e. The number of fused-ring (bicyclic) bond motifs is 5. The van der Waals surface area contributed by atoms with Gasteiger partial charge in [0.15, 0.2) is 5.65 Å². The van der Waals surface area contributed by atoms with Gasteiger partial charge in [-0.25, -0.2) is 15.0 Å². The molecule has 0 unspecified atom stereocenters. The Morgan fingerprint density at radius 1 is 0.488 bits per heavy atom. The van der Waals surface area contributed by atoms with Crippen molar-refractivity contribution in [3.63, 3.8) is 0 Å². The summed E-state index contributed by atoms with van der Waals surface area (Å²) in [5.74, 6) is 0. The summed E-state index contributed by atoms with van der Waals surface area (Å²) in [5, 5.41) is 2.20. The van der Waals surface area contributed by atoms with Gasteiger partial charge in [-0.2, -0.15) is 0 Å². The van der Waals surface area contributed by atoms with Gasteiger partial charge in [0.2, 0.25) is 0 Å². The monoisotopic (exact) mass is 525 g/mol. The topological polar surface area (TPSA) is 56.0 Å². The number of imidazole rings is 1. The molecule has 0 amide bonds. The third kappa shape index (κ3) is 4.03. The largest absolute Gasteiger partial charge is 0.284 e. The third-order valence-electron chi connectivity index (χ3n) is 7.52. The summed E-state index contributed by atoms with van der Waals surface area (Å²) in [6.07, 6.45) is 5.64. The minimum absolute atomic E-state index is 0.866. The highest BCUT2D eigenvalue weighted by Gasteiger charge is 2.15. The molecular weight excluding hydrogens is 502 g/mol. The number of aromatic nitrogens is 5. The molecule has 0 fully saturated rings. The van der Waals surface area contributed by atoms with Crippen molar-refractivity contribution in [3.05, 3.63) is 140 Å². The lowest BCUT2D eigenvalue weighted by Crippen LogP contribution is -1.92. The summed E-state index contributed by atoms with van der Waals surface area (Å²) >= 11 is 0. The maximum Gasteiger partial charge on any atom is 0.165 e. The van der Waals surface area contributed by atoms with Crippen molar-refractivity contribution >= 4 is 27.6 Å². The predicted octanol–water partition coefficient (Wildman–Crippen LogP) is 8.49. The molecule has 5 heterocycles. The second-order valence-corrected chi connectivity index (χ2v) is 10.0. The van der Waals surface area contributed by atoms with E-state index in [4.69, 9.17) is 15.0 Å². The number of nitrogens with zero attached hydrogens (tertiary/aromatic N) is 5. The molecule has 5 aromatic heterocycles. The SMILES string of the molecule is c1cncc(-c2cccc(-c3ccc(-c4cccc(-c5nc6c(nc7ccccn76)c6ccccc56)c4)cc3)n2)c1. The van der Waals surface area contributed by atoms with E-state index < -0.39 is 0 Å². The molecule has 0 radical (unpaired) electrons. The number of hydrogen-bond donors (Lipinski definition) is 0. The molecule has 0 N–H and O–H groups in total. The van der Waals surface area contributed by atoms with E-state index in [1.807, 2.05) is 60.9 Å². The zero-order valence-electron chi connectivity index (χ0n) is 22.0. The average molecular weight is 526 g/mol. The van der Waals surface area contributed by atoms with Gasteiger partial charge in [0.05, 0.1) is 17.1 Å². The van der Waals surface area contributed by atoms with Crippen LogP contribution in [0.4, 0.5) is 0 Å². The first-order chi connectivity index (χ1) is 20.3. The van der Waals surface area contributed by atoms with Gasteiger partial charge in [-0.1, -0.05) is 78.9 Å². The van der Waals surface area contributed by atoms with Crippen LogP contribution in [0.1, 0.15) is 0 Å². The minimum atomic E-state index is 0.866. The van der Waals surface area contributed by atoms with Crippen LogP contribution in [0.25, 0.3) is 72.5 Å². The molecule has 0 bridgehead atoms. The van der Waals surface area contributed by atoms with Crippen LogP contribution in [0.5, 0.6) is 0 Å². The smallest absolute Gasteiger partial charge is 0.165 e. The first-order valence-corrected chi connectivity index (χ1v) is 13.6. The lowest BCUT2D eigenvalue weighted by Gasteiger charge is -2.10. The van der Waals surface area contributed by atoms with Gasteiger partial charge < -0.3 is 0 Å². The average Bonchev–Trinajstić information content (AvgIpc) is 3.44. The van der Waals surface area contributed by atoms with E-state index >= 15 is 0 Å². The lowest BCUT2D eigenvalue weighted by molar-refractivity contribution is 1.19. The second-order valence-electron chi connectivity index (χ2n) is 10.0. The zero-order chi connectivity index (χ0) is 27.2. The standard InChI is InChI=1S/C36H23N5/c1-2-12-30-29(11-1)34(40-36-35(30)39-33-15-3-4-21-41(33)36)27-9-5-8-26(22-27)24-16-18-25(19-17-24)31-13-6-14-32(38-31)28-10-7-20-37-23-28/h1-23H. The highest BCUT2D eigenvalue weighted by atomic mass is 15.1. The van der Waals surface area contributed by atoms with E-state index in [0.717, 1.165) is 72.5 Å². The highest BCUT2D eigenvalue weighted by molar-refractivity contribution is 6.09. The number of pyridine rings is 4. The van der Waals surface area contributed by atoms with Crippen molar-refractivity contribution in [2.45, 2.75) is 0 Å². The van der Waals surface area contributed by atoms with E-state index in [0.29, 0.717) is 0 Å². The molecule has 0 aliphatic rings. The highest BCUT2D eigenvalue weighted by Crippen LogP contribution is 2.34. The number of benzene rings is 3. The normalized spacial score (nSPS) is 11.4. The molecule has 0 saturated carbocycles. The molecule has 3 aromatic carbocycles. The van der Waals surface area contributed by atoms with Crippen LogP contribution < -0.4 is 0 Å². The predicted molar refractivity (Wildman–Crippen MR) is 165 cm³/mol. The Bertz CT molecular complexity index is 2200. The summed E-state index contributed by atoms with van der Waals surface area (Å²) in [6, 6.07) is 41.7. The van der Waals surface area contributed by atoms with Crippen LogP contribution in [0.2, 0.25) is 0 Å². The maximum atomic E-state index is 5.17. The molecule has 0 aliphatic heterocycles. The molecule has 0 spiro atoms. The quantitative estimate of drug-likeness (QED) is 0.231. The number of hydrogen-bond acceptors (Lipinski definition) is 4. The Kier molecular flexibility index (Phi) is 5.38. The van der Waals surface area contributed by atoms with Crippen molar-refractivity contribution in [1.82, 2.24) is 24.3 Å². The first kappa shape index (κ1) is 23.2. The van der Waals surface area contributed by atoms with Gasteiger partial charge in [0.25, 0.3) is 0 Å². The third-order valence-corrected chi connectivity index (χ3v) is 7.52. The molecule has 8 rings (SSSR count). The first-order valence-electron chi connectivity index (χ1n) is 13.6. The summed E-state index contributed by atoms with van der Waals surface area (Å²) in [5.41, 5.74) is 10.9. The van der Waals surface area contributed by atoms with Crippen molar-refractivity contribution in [3.8, 4) is 44.9 Å². The maximum absolute atomic E-state index is 5.17. The molecule has 192 valence electrons. The van der Waals surface area contributed by atoms with E-state index in [1.165, 1.54) is 0 Å². The van der Waals surface area contributed by atoms with Crippen molar-refractivity contribution < 1.29 is 0 Å². The van der Waals surface area contributed by atoms with Crippen molar-refractivity contribution in [1.29, 1.82) is 0 Å². The Labute approximate surface area is 236 Å². The molecule has 0 atom stereocenters. The molecular formula is C36H23N5. The van der Waals surface area contributed by atoms with E-state index in [1.54, 1.807) is 6.20 Å². The summed E-state index contributed by atoms with van der Waals surface area (Å²) < 4.78 is 2.06. The molecule has 5 heteroatoms. The van der Waals surface area contributed by atoms with Gasteiger partial charge in [0.1, 0.15) is 11.2 Å². The second kappa shape index (κ2) is 9.50. The molecule has 8 aromatic rings. The molecule has 41 heavy (non-hydrogen) atoms. The molecule has 0 aliphatic carbocycles. The van der Waals surface area contributed by atoms with Crippen LogP contribution >= 0.6 is 0 Å². The van der Waals surface area contributed by atoms with Crippen LogP contribution in [0.15, 0.2) is 140 Å². The van der Waals surface area contributed by atoms with Gasteiger partial charge in [0, 0.05) is 46.1 Å². The Morgan fingerprint density at radius 2 is 1.22 bits per heavy atom. The van der Waals surface area contributed by atoms with Gasteiger partial charge in [-0.3, -0.25) is 9.38 Å². The van der Waals surface area contributed by atoms with Crippen LogP contribution in [0.3, 0.4) is 0 Å². The fraction of sp³-hybridized carbons (Fsp3) is 0. The fourth-order valence-corrected chi connectivity index (χ4v) is 5.50. The van der Waals surface area contributed by atoms with Crippen LogP contribution in [0, 0.1) is 0 Å². The van der Waals surface area contributed by atoms with E-state index in [9.17, 15) is 0 Å². The van der Waals surface area contributed by atoms with Gasteiger partial charge in [-0.15, -0.1) is 0 Å². The van der Waals surface area contributed by atoms with Crippen molar-refractivity contribution in [2.75, 3.05) is 0 Å². The Morgan fingerprint density at radius 3 is 2.07 bits per heavy atom. The molecule has 0 saturated heterocycles. The number of rotatable bonds is 4. The van der Waals surface area contributed by atoms with Crippen LogP contribution in [-0.2, 0) is 0 Å².